The van der Waals surface area contributed by atoms with E-state index in [1.807, 2.05) is 13.0 Å². The lowest BCUT2D eigenvalue weighted by Gasteiger charge is -2.21. The maximum absolute atomic E-state index is 12.4. The third-order valence-electron chi connectivity index (χ3n) is 5.22. The van der Waals surface area contributed by atoms with Crippen molar-refractivity contribution in [3.8, 4) is 0 Å². The average molecular weight is 378 g/mol. The van der Waals surface area contributed by atoms with Crippen LogP contribution in [0.4, 0.5) is 5.69 Å². The molecular weight excluding hydrogens is 352 g/mol. The maximum Gasteiger partial charge on any atom is 0.313 e. The van der Waals surface area contributed by atoms with E-state index in [1.165, 1.54) is 30.9 Å². The highest BCUT2D eigenvalue weighted by Crippen LogP contribution is 2.26. The van der Waals surface area contributed by atoms with Crippen molar-refractivity contribution in [3.05, 3.63) is 64.7 Å². The van der Waals surface area contributed by atoms with Gasteiger partial charge in [0.1, 0.15) is 0 Å². The molecule has 0 spiro atoms. The Bertz CT molecular complexity index is 904. The summed E-state index contributed by atoms with van der Waals surface area (Å²) in [6.45, 7) is 3.44. The number of carbonyl (C=O) groups excluding carboxylic acids is 3. The van der Waals surface area contributed by atoms with E-state index < -0.39 is 11.8 Å². The summed E-state index contributed by atoms with van der Waals surface area (Å²) >= 11 is 0. The number of Topliss-reactive ketones (excluding diaryl/α,β-unsaturated/α-hetero) is 1. The zero-order chi connectivity index (χ0) is 20.1. The lowest BCUT2D eigenvalue weighted by Crippen LogP contribution is -2.37. The minimum Gasteiger partial charge on any atom is -0.341 e. The molecule has 0 saturated carbocycles. The minimum absolute atomic E-state index is 0.0981. The molecule has 5 heteroatoms. The zero-order valence-corrected chi connectivity index (χ0v) is 16.4. The van der Waals surface area contributed by atoms with Gasteiger partial charge in [0.15, 0.2) is 5.78 Å². The molecule has 28 heavy (non-hydrogen) atoms. The Hall–Kier alpha value is -2.95. The topological polar surface area (TPSA) is 75.3 Å². The molecule has 0 fully saturated rings. The summed E-state index contributed by atoms with van der Waals surface area (Å²) in [5, 5.41) is 5.39. The Kier molecular flexibility index (Phi) is 6.24. The van der Waals surface area contributed by atoms with Gasteiger partial charge < -0.3 is 10.6 Å². The molecule has 1 unspecified atom stereocenters. The van der Waals surface area contributed by atoms with Crippen LogP contribution in [0.15, 0.2) is 42.5 Å². The van der Waals surface area contributed by atoms with Gasteiger partial charge in [-0.2, -0.15) is 0 Å². The predicted octanol–water partition coefficient (Wildman–Crippen LogP) is 3.97. The minimum atomic E-state index is -0.739. The van der Waals surface area contributed by atoms with Crippen LogP contribution in [0.5, 0.6) is 0 Å². The predicted molar refractivity (Wildman–Crippen MR) is 109 cm³/mol. The number of carbonyl (C=O) groups is 3. The van der Waals surface area contributed by atoms with Gasteiger partial charge in [-0.25, -0.2) is 0 Å². The van der Waals surface area contributed by atoms with Crippen molar-refractivity contribution in [2.45, 2.75) is 52.0 Å². The molecule has 0 bridgehead atoms. The van der Waals surface area contributed by atoms with Crippen molar-refractivity contribution in [1.29, 1.82) is 0 Å². The molecule has 0 aliphatic heterocycles. The quantitative estimate of drug-likeness (QED) is 0.610. The van der Waals surface area contributed by atoms with Gasteiger partial charge in [-0.3, -0.25) is 14.4 Å². The fourth-order valence-corrected chi connectivity index (χ4v) is 3.62. The SMILES string of the molecule is CCC(NC(=O)C(=O)Nc1cccc(C(C)=O)c1)c1ccc2c(c1)CCCC2. The van der Waals surface area contributed by atoms with Crippen LogP contribution < -0.4 is 10.6 Å². The Morgan fingerprint density at radius 1 is 0.964 bits per heavy atom. The van der Waals surface area contributed by atoms with Crippen LogP contribution in [0.1, 0.15) is 66.2 Å². The second kappa shape index (κ2) is 8.83. The molecule has 5 nitrogen and oxygen atoms in total. The van der Waals surface area contributed by atoms with Gasteiger partial charge >= 0.3 is 11.8 Å². The molecule has 3 rings (SSSR count). The van der Waals surface area contributed by atoms with Crippen LogP contribution in [-0.2, 0) is 22.4 Å². The van der Waals surface area contributed by atoms with Crippen LogP contribution in [0, 0.1) is 0 Å². The number of hydrogen-bond donors (Lipinski definition) is 2. The van der Waals surface area contributed by atoms with Gasteiger partial charge in [-0.05, 0) is 67.9 Å². The van der Waals surface area contributed by atoms with Crippen molar-refractivity contribution in [1.82, 2.24) is 5.32 Å². The fourth-order valence-electron chi connectivity index (χ4n) is 3.62. The number of anilines is 1. The molecule has 2 amide bonds. The molecule has 1 atom stereocenters. The second-order valence-corrected chi connectivity index (χ2v) is 7.26. The van der Waals surface area contributed by atoms with E-state index in [1.54, 1.807) is 24.3 Å². The van der Waals surface area contributed by atoms with E-state index >= 15 is 0 Å². The monoisotopic (exact) mass is 378 g/mol. The average Bonchev–Trinajstić information content (AvgIpc) is 2.71. The number of fused-ring (bicyclic) bond motifs is 1. The molecule has 146 valence electrons. The van der Waals surface area contributed by atoms with Crippen LogP contribution in [-0.4, -0.2) is 17.6 Å². The highest BCUT2D eigenvalue weighted by Gasteiger charge is 2.20. The lowest BCUT2D eigenvalue weighted by molar-refractivity contribution is -0.136. The van der Waals surface area contributed by atoms with Gasteiger partial charge in [0.25, 0.3) is 0 Å². The largest absolute Gasteiger partial charge is 0.341 e. The van der Waals surface area contributed by atoms with Crippen LogP contribution in [0.25, 0.3) is 0 Å². The molecule has 0 saturated heterocycles. The molecule has 2 aromatic carbocycles. The van der Waals surface area contributed by atoms with Crippen molar-refractivity contribution in [2.75, 3.05) is 5.32 Å². The first-order valence-corrected chi connectivity index (χ1v) is 9.82. The second-order valence-electron chi connectivity index (χ2n) is 7.26. The molecule has 2 N–H and O–H groups in total. The molecule has 0 heterocycles. The van der Waals surface area contributed by atoms with Crippen molar-refractivity contribution in [3.63, 3.8) is 0 Å². The van der Waals surface area contributed by atoms with Gasteiger partial charge in [0, 0.05) is 11.3 Å². The van der Waals surface area contributed by atoms with Gasteiger partial charge in [-0.15, -0.1) is 0 Å². The number of nitrogens with one attached hydrogen (secondary N) is 2. The Morgan fingerprint density at radius 2 is 1.71 bits per heavy atom. The smallest absolute Gasteiger partial charge is 0.313 e. The summed E-state index contributed by atoms with van der Waals surface area (Å²) in [6, 6.07) is 12.7. The van der Waals surface area contributed by atoms with E-state index in [9.17, 15) is 14.4 Å². The highest BCUT2D eigenvalue weighted by molar-refractivity contribution is 6.39. The summed E-state index contributed by atoms with van der Waals surface area (Å²) < 4.78 is 0. The van der Waals surface area contributed by atoms with Crippen LogP contribution in [0.3, 0.4) is 0 Å². The third-order valence-corrected chi connectivity index (χ3v) is 5.22. The van der Waals surface area contributed by atoms with E-state index in [-0.39, 0.29) is 11.8 Å². The lowest BCUT2D eigenvalue weighted by atomic mass is 9.89. The molecule has 0 radical (unpaired) electrons. The first kappa shape index (κ1) is 19.8. The highest BCUT2D eigenvalue weighted by atomic mass is 16.2. The molecule has 1 aliphatic rings. The van der Waals surface area contributed by atoms with Gasteiger partial charge in [0.05, 0.1) is 6.04 Å². The standard InChI is InChI=1S/C23H26N2O3/c1-3-21(19-12-11-16-7-4-5-8-18(16)13-19)25-23(28)22(27)24-20-10-6-9-17(14-20)15(2)26/h6,9-14,21H,3-5,7-8H2,1-2H3,(H,24,27)(H,25,28). The fraction of sp³-hybridized carbons (Fsp3) is 0.348. The molecule has 2 aromatic rings. The normalized spacial score (nSPS) is 13.9. The molecule has 1 aliphatic carbocycles. The maximum atomic E-state index is 12.4. The zero-order valence-electron chi connectivity index (χ0n) is 16.4. The van der Waals surface area contributed by atoms with Crippen molar-refractivity contribution >= 4 is 23.3 Å². The third kappa shape index (κ3) is 4.66. The Labute approximate surface area is 165 Å². The van der Waals surface area contributed by atoms with Gasteiger partial charge in [-0.1, -0.05) is 37.3 Å². The molecular formula is C23H26N2O3. The first-order valence-electron chi connectivity index (χ1n) is 9.82. The summed E-state index contributed by atoms with van der Waals surface area (Å²) in [6.07, 6.45) is 5.30. The number of ketones is 1. The van der Waals surface area contributed by atoms with E-state index in [0.717, 1.165) is 18.4 Å². The van der Waals surface area contributed by atoms with Crippen LogP contribution >= 0.6 is 0 Å². The number of aryl methyl sites for hydroxylation is 2. The van der Waals surface area contributed by atoms with Gasteiger partial charge in [0.2, 0.25) is 0 Å². The molecule has 0 aromatic heterocycles. The number of benzene rings is 2. The Balaban J connectivity index is 1.67. The van der Waals surface area contributed by atoms with Crippen molar-refractivity contribution in [2.24, 2.45) is 0 Å². The number of rotatable bonds is 5. The summed E-state index contributed by atoms with van der Waals surface area (Å²) in [4.78, 5) is 36.2. The number of hydrogen-bond acceptors (Lipinski definition) is 3. The van der Waals surface area contributed by atoms with E-state index in [4.69, 9.17) is 0 Å². The van der Waals surface area contributed by atoms with E-state index in [2.05, 4.69) is 22.8 Å². The van der Waals surface area contributed by atoms with Crippen molar-refractivity contribution < 1.29 is 14.4 Å². The summed E-state index contributed by atoms with van der Waals surface area (Å²) in [5.74, 6) is -1.52. The van der Waals surface area contributed by atoms with Crippen LogP contribution in [0.2, 0.25) is 0 Å². The number of amides is 2. The Morgan fingerprint density at radius 3 is 2.43 bits per heavy atom. The van der Waals surface area contributed by atoms with E-state index in [0.29, 0.717) is 17.7 Å². The summed E-state index contributed by atoms with van der Waals surface area (Å²) in [7, 11) is 0. The first-order chi connectivity index (χ1) is 13.5. The summed E-state index contributed by atoms with van der Waals surface area (Å²) in [5.41, 5.74) is 4.68.